The minimum Gasteiger partial charge on any atom is -0.315 e. The summed E-state index contributed by atoms with van der Waals surface area (Å²) >= 11 is 1.65. The summed E-state index contributed by atoms with van der Waals surface area (Å²) in [6, 6.07) is 2.50. The number of thiophene rings is 1. The maximum Gasteiger partial charge on any atom is 0.211 e. The van der Waals surface area contributed by atoms with Gasteiger partial charge in [0.25, 0.3) is 0 Å². The third-order valence-corrected chi connectivity index (χ3v) is 5.64. The minimum absolute atomic E-state index is 0.204. The molecule has 0 saturated carbocycles. The lowest BCUT2D eigenvalue weighted by atomic mass is 10.3. The van der Waals surface area contributed by atoms with Gasteiger partial charge in [0.05, 0.1) is 5.75 Å². The molecular weight excluding hydrogens is 292 g/mol. The molecule has 6 heteroatoms. The van der Waals surface area contributed by atoms with Gasteiger partial charge in [-0.15, -0.1) is 11.3 Å². The average molecular weight is 319 g/mol. The number of nitrogens with one attached hydrogen (secondary N) is 2. The first-order valence-electron chi connectivity index (χ1n) is 7.07. The molecule has 0 fully saturated rings. The van der Waals surface area contributed by atoms with E-state index in [-0.39, 0.29) is 5.75 Å². The Morgan fingerprint density at radius 1 is 1.25 bits per heavy atom. The fourth-order valence-electron chi connectivity index (χ4n) is 1.80. The zero-order chi connectivity index (χ0) is 15.2. The SMILES string of the molecule is Cc1cc(CNS(=O)(=O)CCCCNC(C)C)sc1C. The first kappa shape index (κ1) is 17.6. The fraction of sp³-hybridized carbons (Fsp3) is 0.714. The van der Waals surface area contributed by atoms with Crippen molar-refractivity contribution in [3.8, 4) is 0 Å². The summed E-state index contributed by atoms with van der Waals surface area (Å²) in [5.74, 6) is 0.204. The van der Waals surface area contributed by atoms with Gasteiger partial charge in [0.1, 0.15) is 0 Å². The van der Waals surface area contributed by atoms with Crippen LogP contribution in [0.5, 0.6) is 0 Å². The summed E-state index contributed by atoms with van der Waals surface area (Å²) in [6.45, 7) is 9.56. The second-order valence-electron chi connectivity index (χ2n) is 5.41. The third kappa shape index (κ3) is 6.83. The lowest BCUT2D eigenvalue weighted by Crippen LogP contribution is -2.27. The standard InChI is InChI=1S/C14H26N2O2S2/c1-11(2)15-7-5-6-8-20(17,18)16-10-14-9-12(3)13(4)19-14/h9,11,15-16H,5-8,10H2,1-4H3. The van der Waals surface area contributed by atoms with Crippen molar-refractivity contribution in [1.29, 1.82) is 0 Å². The van der Waals surface area contributed by atoms with E-state index in [9.17, 15) is 8.42 Å². The molecule has 0 aliphatic carbocycles. The van der Waals surface area contributed by atoms with Gasteiger partial charge in [-0.3, -0.25) is 0 Å². The Balaban J connectivity index is 2.27. The second kappa shape index (κ2) is 8.12. The van der Waals surface area contributed by atoms with Crippen LogP contribution in [0, 0.1) is 13.8 Å². The molecule has 0 spiro atoms. The van der Waals surface area contributed by atoms with E-state index in [0.717, 1.165) is 17.8 Å². The van der Waals surface area contributed by atoms with Gasteiger partial charge in [-0.25, -0.2) is 13.1 Å². The zero-order valence-electron chi connectivity index (χ0n) is 12.8. The van der Waals surface area contributed by atoms with Crippen LogP contribution in [0.25, 0.3) is 0 Å². The molecule has 1 aromatic rings. The number of hydrogen-bond donors (Lipinski definition) is 2. The van der Waals surface area contributed by atoms with Crippen molar-refractivity contribution in [1.82, 2.24) is 10.0 Å². The number of rotatable bonds is 9. The van der Waals surface area contributed by atoms with Gasteiger partial charge < -0.3 is 5.32 Å². The fourth-order valence-corrected chi connectivity index (χ4v) is 3.99. The molecule has 0 aromatic carbocycles. The quantitative estimate of drug-likeness (QED) is 0.688. The molecule has 4 nitrogen and oxygen atoms in total. The molecule has 20 heavy (non-hydrogen) atoms. The normalized spacial score (nSPS) is 12.2. The lowest BCUT2D eigenvalue weighted by molar-refractivity contribution is 0.555. The molecule has 116 valence electrons. The van der Waals surface area contributed by atoms with Crippen LogP contribution in [-0.4, -0.2) is 26.8 Å². The Labute approximate surface area is 127 Å². The summed E-state index contributed by atoms with van der Waals surface area (Å²) in [6.07, 6.45) is 1.58. The molecule has 0 bridgehead atoms. The van der Waals surface area contributed by atoms with Crippen molar-refractivity contribution in [3.63, 3.8) is 0 Å². The van der Waals surface area contributed by atoms with Crippen LogP contribution in [-0.2, 0) is 16.6 Å². The van der Waals surface area contributed by atoms with Crippen LogP contribution in [0.2, 0.25) is 0 Å². The molecule has 1 aromatic heterocycles. The first-order valence-corrected chi connectivity index (χ1v) is 9.53. The van der Waals surface area contributed by atoms with Crippen molar-refractivity contribution < 1.29 is 8.42 Å². The van der Waals surface area contributed by atoms with Crippen molar-refractivity contribution in [2.24, 2.45) is 0 Å². The third-order valence-electron chi connectivity index (χ3n) is 3.08. The smallest absolute Gasteiger partial charge is 0.211 e. The topological polar surface area (TPSA) is 58.2 Å². The summed E-state index contributed by atoms with van der Waals surface area (Å²) in [4.78, 5) is 2.32. The molecule has 2 N–H and O–H groups in total. The Morgan fingerprint density at radius 2 is 1.95 bits per heavy atom. The van der Waals surface area contributed by atoms with E-state index in [4.69, 9.17) is 0 Å². The minimum atomic E-state index is -3.16. The Morgan fingerprint density at radius 3 is 2.50 bits per heavy atom. The molecule has 0 saturated heterocycles. The predicted molar refractivity (Wildman–Crippen MR) is 86.8 cm³/mol. The molecular formula is C14H26N2O2S2. The highest BCUT2D eigenvalue weighted by molar-refractivity contribution is 7.89. The number of unbranched alkanes of at least 4 members (excludes halogenated alkanes) is 1. The van der Waals surface area contributed by atoms with Crippen molar-refractivity contribution in [2.75, 3.05) is 12.3 Å². The maximum absolute atomic E-state index is 11.9. The van der Waals surface area contributed by atoms with Crippen LogP contribution in [0.15, 0.2) is 6.07 Å². The highest BCUT2D eigenvalue weighted by Crippen LogP contribution is 2.20. The number of hydrogen-bond acceptors (Lipinski definition) is 4. The van der Waals surface area contributed by atoms with Crippen molar-refractivity contribution >= 4 is 21.4 Å². The van der Waals surface area contributed by atoms with Gasteiger partial charge in [-0.1, -0.05) is 13.8 Å². The highest BCUT2D eigenvalue weighted by Gasteiger charge is 2.10. The first-order chi connectivity index (χ1) is 9.30. The van der Waals surface area contributed by atoms with E-state index in [1.165, 1.54) is 10.4 Å². The van der Waals surface area contributed by atoms with E-state index in [1.807, 2.05) is 6.92 Å². The Kier molecular flexibility index (Phi) is 7.15. The molecule has 1 rings (SSSR count). The van der Waals surface area contributed by atoms with Crippen LogP contribution in [0.4, 0.5) is 0 Å². The monoisotopic (exact) mass is 318 g/mol. The highest BCUT2D eigenvalue weighted by atomic mass is 32.2. The van der Waals surface area contributed by atoms with Crippen LogP contribution in [0.3, 0.4) is 0 Å². The molecule has 0 aliphatic heterocycles. The van der Waals surface area contributed by atoms with E-state index >= 15 is 0 Å². The van der Waals surface area contributed by atoms with E-state index in [2.05, 4.69) is 36.9 Å². The van der Waals surface area contributed by atoms with E-state index in [1.54, 1.807) is 11.3 Å². The average Bonchev–Trinajstić information content (AvgIpc) is 2.66. The molecule has 0 aliphatic rings. The predicted octanol–water partition coefficient (Wildman–Crippen LogP) is 2.56. The summed E-state index contributed by atoms with van der Waals surface area (Å²) < 4.78 is 26.4. The zero-order valence-corrected chi connectivity index (χ0v) is 14.5. The molecule has 1 heterocycles. The largest absolute Gasteiger partial charge is 0.315 e. The van der Waals surface area contributed by atoms with Crippen LogP contribution < -0.4 is 10.0 Å². The number of aryl methyl sites for hydroxylation is 2. The van der Waals surface area contributed by atoms with E-state index < -0.39 is 10.0 Å². The summed E-state index contributed by atoms with van der Waals surface area (Å²) in [7, 11) is -3.16. The van der Waals surface area contributed by atoms with Gasteiger partial charge in [0.2, 0.25) is 10.0 Å². The Bertz CT molecular complexity index is 488. The second-order valence-corrected chi connectivity index (χ2v) is 8.68. The van der Waals surface area contributed by atoms with Gasteiger partial charge in [0, 0.05) is 22.3 Å². The molecule has 0 radical (unpaired) electrons. The Hall–Kier alpha value is -0.430. The maximum atomic E-state index is 11.9. The van der Waals surface area contributed by atoms with Crippen molar-refractivity contribution in [3.05, 3.63) is 21.4 Å². The molecule has 0 atom stereocenters. The van der Waals surface area contributed by atoms with E-state index in [0.29, 0.717) is 19.0 Å². The molecule has 0 unspecified atom stereocenters. The van der Waals surface area contributed by atoms with Gasteiger partial charge in [0.15, 0.2) is 0 Å². The van der Waals surface area contributed by atoms with Crippen LogP contribution in [0.1, 0.15) is 42.0 Å². The van der Waals surface area contributed by atoms with Gasteiger partial charge in [-0.2, -0.15) is 0 Å². The number of sulfonamides is 1. The van der Waals surface area contributed by atoms with Gasteiger partial charge >= 0.3 is 0 Å². The van der Waals surface area contributed by atoms with Crippen molar-refractivity contribution in [2.45, 2.75) is 53.1 Å². The summed E-state index contributed by atoms with van der Waals surface area (Å²) in [5.41, 5.74) is 1.23. The summed E-state index contributed by atoms with van der Waals surface area (Å²) in [5, 5.41) is 3.28. The van der Waals surface area contributed by atoms with Gasteiger partial charge in [-0.05, 0) is 44.9 Å². The van der Waals surface area contributed by atoms with Crippen LogP contribution >= 0.6 is 11.3 Å². The lowest BCUT2D eigenvalue weighted by Gasteiger charge is -2.08. The molecule has 0 amide bonds.